The number of carbonyl (C=O) groups is 2. The van der Waals surface area contributed by atoms with Crippen LogP contribution in [0.25, 0.3) is 0 Å². The van der Waals surface area contributed by atoms with Crippen LogP contribution in [0.3, 0.4) is 0 Å². The Balaban J connectivity index is 2.54. The molecule has 0 bridgehead atoms. The van der Waals surface area contributed by atoms with Crippen LogP contribution in [0.15, 0.2) is 0 Å². The molecule has 1 rings (SSSR count). The minimum Gasteiger partial charge on any atom is -0.444 e. The standard InChI is InChI=1S/C12H22N2O3S/c1-11(2,3)17-10(16)13-7-5-12(4,6-8-13)14(18)9-15/h9,18H,5-8H2,1-4H3. The summed E-state index contributed by atoms with van der Waals surface area (Å²) >= 11 is 4.14. The summed E-state index contributed by atoms with van der Waals surface area (Å²) in [4.78, 5) is 24.3. The van der Waals surface area contributed by atoms with E-state index in [1.807, 2.05) is 27.7 Å². The zero-order chi connectivity index (χ0) is 14.0. The van der Waals surface area contributed by atoms with E-state index < -0.39 is 5.60 Å². The smallest absolute Gasteiger partial charge is 0.410 e. The molecular formula is C12H22N2O3S. The summed E-state index contributed by atoms with van der Waals surface area (Å²) < 4.78 is 6.71. The molecule has 6 heteroatoms. The summed E-state index contributed by atoms with van der Waals surface area (Å²) in [5, 5.41) is 0. The summed E-state index contributed by atoms with van der Waals surface area (Å²) in [5.41, 5.74) is -0.764. The lowest BCUT2D eigenvalue weighted by molar-refractivity contribution is -0.117. The second-order valence-electron chi connectivity index (χ2n) is 5.91. The lowest BCUT2D eigenvalue weighted by Crippen LogP contribution is -2.51. The van der Waals surface area contributed by atoms with Gasteiger partial charge in [-0.05, 0) is 40.5 Å². The maximum absolute atomic E-state index is 11.9. The molecule has 0 N–H and O–H groups in total. The number of piperidine rings is 1. The lowest BCUT2D eigenvalue weighted by atomic mass is 9.90. The van der Waals surface area contributed by atoms with E-state index in [-0.39, 0.29) is 11.6 Å². The minimum atomic E-state index is -0.476. The molecule has 104 valence electrons. The fraction of sp³-hybridized carbons (Fsp3) is 0.833. The number of amides is 2. The Bertz CT molecular complexity index is 320. The molecule has 1 saturated heterocycles. The predicted octanol–water partition coefficient (Wildman–Crippen LogP) is 2.08. The van der Waals surface area contributed by atoms with Crippen molar-refractivity contribution in [2.45, 2.75) is 51.7 Å². The molecule has 0 radical (unpaired) electrons. The van der Waals surface area contributed by atoms with Crippen LogP contribution < -0.4 is 0 Å². The molecule has 0 unspecified atom stereocenters. The average Bonchev–Trinajstić information content (AvgIpc) is 2.26. The van der Waals surface area contributed by atoms with Gasteiger partial charge in [-0.2, -0.15) is 0 Å². The molecule has 1 aliphatic heterocycles. The predicted molar refractivity (Wildman–Crippen MR) is 72.3 cm³/mol. The number of thiol groups is 1. The second-order valence-corrected chi connectivity index (χ2v) is 6.35. The van der Waals surface area contributed by atoms with Gasteiger partial charge in [0, 0.05) is 13.1 Å². The van der Waals surface area contributed by atoms with E-state index in [0.717, 1.165) is 0 Å². The van der Waals surface area contributed by atoms with Crippen molar-refractivity contribution in [3.05, 3.63) is 0 Å². The highest BCUT2D eigenvalue weighted by molar-refractivity contribution is 7.78. The monoisotopic (exact) mass is 274 g/mol. The normalized spacial score (nSPS) is 19.3. The Morgan fingerprint density at radius 1 is 1.39 bits per heavy atom. The molecule has 0 atom stereocenters. The van der Waals surface area contributed by atoms with Gasteiger partial charge in [0.05, 0.1) is 5.54 Å². The van der Waals surface area contributed by atoms with Crippen LogP contribution in [-0.4, -0.2) is 45.9 Å². The molecule has 1 aliphatic rings. The number of likely N-dealkylation sites (tertiary alicyclic amines) is 1. The SMILES string of the molecule is CC(C)(C)OC(=O)N1CCC(C)(N(S)C=O)CC1. The molecule has 1 fully saturated rings. The average molecular weight is 274 g/mol. The Morgan fingerprint density at radius 2 is 1.89 bits per heavy atom. The molecule has 0 aliphatic carbocycles. The van der Waals surface area contributed by atoms with E-state index in [4.69, 9.17) is 4.74 Å². The second kappa shape index (κ2) is 5.38. The lowest BCUT2D eigenvalue weighted by Gasteiger charge is -2.42. The van der Waals surface area contributed by atoms with Gasteiger partial charge >= 0.3 is 6.09 Å². The first-order valence-electron chi connectivity index (χ1n) is 6.09. The van der Waals surface area contributed by atoms with Gasteiger partial charge in [-0.3, -0.25) is 9.10 Å². The number of nitrogens with zero attached hydrogens (tertiary/aromatic N) is 2. The number of rotatable bonds is 2. The molecule has 0 aromatic heterocycles. The topological polar surface area (TPSA) is 49.9 Å². The molecule has 0 aromatic rings. The van der Waals surface area contributed by atoms with Crippen molar-refractivity contribution in [1.82, 2.24) is 9.21 Å². The van der Waals surface area contributed by atoms with Gasteiger partial charge in [-0.1, -0.05) is 12.8 Å². The maximum atomic E-state index is 11.9. The number of hydrogen-bond donors (Lipinski definition) is 1. The van der Waals surface area contributed by atoms with Crippen molar-refractivity contribution in [1.29, 1.82) is 0 Å². The summed E-state index contributed by atoms with van der Waals surface area (Å²) in [6.45, 7) is 8.68. The van der Waals surface area contributed by atoms with Crippen molar-refractivity contribution in [3.63, 3.8) is 0 Å². The van der Waals surface area contributed by atoms with E-state index in [1.165, 1.54) is 4.31 Å². The number of hydrogen-bond acceptors (Lipinski definition) is 4. The highest BCUT2D eigenvalue weighted by Gasteiger charge is 2.36. The van der Waals surface area contributed by atoms with Gasteiger partial charge in [-0.15, -0.1) is 0 Å². The maximum Gasteiger partial charge on any atom is 0.410 e. The highest BCUT2D eigenvalue weighted by atomic mass is 32.1. The van der Waals surface area contributed by atoms with Crippen molar-refractivity contribution in [3.8, 4) is 0 Å². The molecule has 5 nitrogen and oxygen atoms in total. The van der Waals surface area contributed by atoms with Crippen LogP contribution in [0.4, 0.5) is 4.79 Å². The minimum absolute atomic E-state index is 0.288. The van der Waals surface area contributed by atoms with Gasteiger partial charge in [0.1, 0.15) is 5.60 Å². The summed E-state index contributed by atoms with van der Waals surface area (Å²) in [5.74, 6) is 0. The zero-order valence-corrected chi connectivity index (χ0v) is 12.4. The van der Waals surface area contributed by atoms with Gasteiger partial charge in [0.2, 0.25) is 6.41 Å². The molecule has 0 aromatic carbocycles. The Labute approximate surface area is 114 Å². The quantitative estimate of drug-likeness (QED) is 0.619. The summed E-state index contributed by atoms with van der Waals surface area (Å²) in [6.07, 6.45) is 1.83. The van der Waals surface area contributed by atoms with E-state index in [0.29, 0.717) is 32.3 Å². The van der Waals surface area contributed by atoms with Gasteiger partial charge < -0.3 is 9.64 Å². The molecule has 0 saturated carbocycles. The largest absolute Gasteiger partial charge is 0.444 e. The van der Waals surface area contributed by atoms with Gasteiger partial charge in [0.15, 0.2) is 0 Å². The van der Waals surface area contributed by atoms with Crippen molar-refractivity contribution >= 4 is 25.3 Å². The van der Waals surface area contributed by atoms with Crippen LogP contribution in [0.5, 0.6) is 0 Å². The summed E-state index contributed by atoms with van der Waals surface area (Å²) in [6, 6.07) is 0. The van der Waals surface area contributed by atoms with Crippen LogP contribution in [0, 0.1) is 0 Å². The van der Waals surface area contributed by atoms with Crippen molar-refractivity contribution in [2.75, 3.05) is 13.1 Å². The first-order valence-corrected chi connectivity index (χ1v) is 6.49. The molecule has 2 amide bonds. The zero-order valence-electron chi connectivity index (χ0n) is 11.5. The third kappa shape index (κ3) is 3.80. The molecular weight excluding hydrogens is 252 g/mol. The van der Waals surface area contributed by atoms with Gasteiger partial charge in [0.25, 0.3) is 0 Å². The highest BCUT2D eigenvalue weighted by Crippen LogP contribution is 2.29. The Hall–Kier alpha value is -0.910. The van der Waals surface area contributed by atoms with Crippen LogP contribution in [-0.2, 0) is 9.53 Å². The number of carbonyl (C=O) groups excluding carboxylic acids is 2. The van der Waals surface area contributed by atoms with E-state index in [1.54, 1.807) is 4.90 Å². The molecule has 0 spiro atoms. The molecule has 18 heavy (non-hydrogen) atoms. The number of ether oxygens (including phenoxy) is 1. The van der Waals surface area contributed by atoms with Crippen molar-refractivity contribution < 1.29 is 14.3 Å². The fourth-order valence-electron chi connectivity index (χ4n) is 1.85. The third-order valence-corrected chi connectivity index (χ3v) is 3.72. The fourth-order valence-corrected chi connectivity index (χ4v) is 2.05. The first-order chi connectivity index (χ1) is 8.18. The third-order valence-electron chi connectivity index (χ3n) is 3.15. The van der Waals surface area contributed by atoms with Crippen molar-refractivity contribution in [2.24, 2.45) is 0 Å². The summed E-state index contributed by atoms with van der Waals surface area (Å²) in [7, 11) is 0. The Morgan fingerprint density at radius 3 is 2.28 bits per heavy atom. The van der Waals surface area contributed by atoms with E-state index in [9.17, 15) is 9.59 Å². The first kappa shape index (κ1) is 15.1. The molecule has 1 heterocycles. The Kier molecular flexibility index (Phi) is 4.53. The van der Waals surface area contributed by atoms with E-state index in [2.05, 4.69) is 12.8 Å². The van der Waals surface area contributed by atoms with E-state index >= 15 is 0 Å². The van der Waals surface area contributed by atoms with Crippen LogP contribution in [0.2, 0.25) is 0 Å². The van der Waals surface area contributed by atoms with Gasteiger partial charge in [-0.25, -0.2) is 4.79 Å². The van der Waals surface area contributed by atoms with Crippen LogP contribution >= 0.6 is 12.8 Å². The van der Waals surface area contributed by atoms with Crippen LogP contribution in [0.1, 0.15) is 40.5 Å².